The minimum absolute atomic E-state index is 0.107. The van der Waals surface area contributed by atoms with Crippen molar-refractivity contribution in [3.63, 3.8) is 0 Å². The molecule has 2 atom stereocenters. The lowest BCUT2D eigenvalue weighted by molar-refractivity contribution is -0.128. The summed E-state index contributed by atoms with van der Waals surface area (Å²) in [5.41, 5.74) is -0.242. The summed E-state index contributed by atoms with van der Waals surface area (Å²) in [6.07, 6.45) is 2.11. The first-order valence-corrected chi connectivity index (χ1v) is 10.5. The molecular weight excluding hydrogens is 354 g/mol. The summed E-state index contributed by atoms with van der Waals surface area (Å²) in [6, 6.07) is 5.28. The normalized spacial score (nSPS) is 26.9. The molecule has 0 radical (unpaired) electrons. The summed E-state index contributed by atoms with van der Waals surface area (Å²) in [7, 11) is -0.502. The molecule has 0 unspecified atom stereocenters. The van der Waals surface area contributed by atoms with Gasteiger partial charge < -0.3 is 9.47 Å². The van der Waals surface area contributed by atoms with Crippen molar-refractivity contribution >= 4 is 15.8 Å². The van der Waals surface area contributed by atoms with E-state index in [-0.39, 0.29) is 23.5 Å². The third-order valence-electron chi connectivity index (χ3n) is 6.52. The molecule has 6 nitrogen and oxygen atoms in total. The third-order valence-corrected chi connectivity index (χ3v) is 7.98. The topological polar surface area (TPSA) is 81.7 Å². The second-order valence-electron chi connectivity index (χ2n) is 7.94. The Labute approximate surface area is 155 Å². The van der Waals surface area contributed by atoms with Gasteiger partial charge in [-0.1, -0.05) is 19.9 Å². The second-order valence-corrected chi connectivity index (χ2v) is 9.74. The average molecular weight is 381 g/mol. The van der Waals surface area contributed by atoms with Gasteiger partial charge in [0.05, 0.1) is 20.0 Å². The van der Waals surface area contributed by atoms with E-state index >= 15 is 0 Å². The van der Waals surface area contributed by atoms with Crippen LogP contribution in [0, 0.1) is 16.7 Å². The smallest absolute Gasteiger partial charge is 0.212 e. The molecule has 1 aromatic carbocycles. The fourth-order valence-corrected chi connectivity index (χ4v) is 6.48. The number of fused-ring (bicyclic) bond motifs is 2. The van der Waals surface area contributed by atoms with Gasteiger partial charge in [0.15, 0.2) is 11.5 Å². The number of benzene rings is 1. The van der Waals surface area contributed by atoms with E-state index in [0.29, 0.717) is 30.3 Å². The summed E-state index contributed by atoms with van der Waals surface area (Å²) in [4.78, 5) is 12.6. The molecule has 144 valence electrons. The average Bonchev–Trinajstić information content (AvgIpc) is 2.93. The largest absolute Gasteiger partial charge is 0.493 e. The zero-order chi connectivity index (χ0) is 19.2. The molecule has 0 spiro atoms. The highest BCUT2D eigenvalue weighted by Crippen LogP contribution is 2.64. The number of methoxy groups -OCH3 is 2. The third kappa shape index (κ3) is 3.01. The number of hydrogen-bond acceptors (Lipinski definition) is 5. The molecule has 7 heteroatoms. The Hall–Kier alpha value is -1.60. The maximum atomic E-state index is 12.7. The van der Waals surface area contributed by atoms with Crippen molar-refractivity contribution in [1.82, 2.24) is 4.72 Å². The van der Waals surface area contributed by atoms with Gasteiger partial charge >= 0.3 is 0 Å². The van der Waals surface area contributed by atoms with E-state index in [2.05, 4.69) is 4.72 Å². The van der Waals surface area contributed by atoms with Gasteiger partial charge in [-0.15, -0.1) is 0 Å². The Morgan fingerprint density at radius 3 is 2.42 bits per heavy atom. The van der Waals surface area contributed by atoms with Crippen molar-refractivity contribution in [3.05, 3.63) is 23.8 Å². The number of ether oxygens (including phenoxy) is 2. The van der Waals surface area contributed by atoms with Crippen LogP contribution in [0.15, 0.2) is 18.2 Å². The fraction of sp³-hybridized carbons (Fsp3) is 0.632. The van der Waals surface area contributed by atoms with Crippen molar-refractivity contribution in [1.29, 1.82) is 0 Å². The van der Waals surface area contributed by atoms with E-state index in [1.165, 1.54) is 7.11 Å². The van der Waals surface area contributed by atoms with Gasteiger partial charge in [-0.3, -0.25) is 4.79 Å². The highest BCUT2D eigenvalue weighted by Gasteiger charge is 2.65. The van der Waals surface area contributed by atoms with Crippen molar-refractivity contribution in [3.8, 4) is 11.5 Å². The number of carbonyl (C=O) groups excluding carboxylic acids is 1. The van der Waals surface area contributed by atoms with E-state index in [9.17, 15) is 13.2 Å². The van der Waals surface area contributed by atoms with Gasteiger partial charge in [0.25, 0.3) is 0 Å². The Morgan fingerprint density at radius 1 is 1.19 bits per heavy atom. The zero-order valence-electron chi connectivity index (χ0n) is 15.8. The molecule has 26 heavy (non-hydrogen) atoms. The van der Waals surface area contributed by atoms with Crippen LogP contribution in [0.1, 0.15) is 38.7 Å². The first-order valence-electron chi connectivity index (χ1n) is 8.87. The Balaban J connectivity index is 1.73. The van der Waals surface area contributed by atoms with Crippen LogP contribution in [0.3, 0.4) is 0 Å². The van der Waals surface area contributed by atoms with Crippen molar-refractivity contribution in [2.45, 2.75) is 39.7 Å². The number of Topliss-reactive ketones (excluding diaryl/α,β-unsaturated/α-hetero) is 1. The summed E-state index contributed by atoms with van der Waals surface area (Å²) < 4.78 is 38.6. The molecule has 3 rings (SSSR count). The molecule has 1 N–H and O–H groups in total. The summed E-state index contributed by atoms with van der Waals surface area (Å²) in [5.74, 6) is 1.42. The molecule has 0 aromatic heterocycles. The molecule has 2 aliphatic carbocycles. The molecular formula is C19H27NO5S. The van der Waals surface area contributed by atoms with Gasteiger partial charge in [0.1, 0.15) is 5.78 Å². The van der Waals surface area contributed by atoms with Gasteiger partial charge in [-0.2, -0.15) is 0 Å². The lowest BCUT2D eigenvalue weighted by Gasteiger charge is -2.36. The van der Waals surface area contributed by atoms with Crippen LogP contribution in [0.4, 0.5) is 0 Å². The lowest BCUT2D eigenvalue weighted by Crippen LogP contribution is -2.45. The molecule has 2 saturated carbocycles. The summed E-state index contributed by atoms with van der Waals surface area (Å²) >= 11 is 0. The number of carbonyl (C=O) groups is 1. The number of rotatable bonds is 7. The van der Waals surface area contributed by atoms with Crippen LogP contribution in [0.2, 0.25) is 0 Å². The van der Waals surface area contributed by atoms with Gasteiger partial charge in [0, 0.05) is 18.4 Å². The van der Waals surface area contributed by atoms with Crippen LogP contribution >= 0.6 is 0 Å². The first-order chi connectivity index (χ1) is 12.1. The Bertz CT molecular complexity index is 817. The Morgan fingerprint density at radius 2 is 1.88 bits per heavy atom. The van der Waals surface area contributed by atoms with Gasteiger partial charge in [-0.25, -0.2) is 13.1 Å². The van der Waals surface area contributed by atoms with Crippen molar-refractivity contribution in [2.24, 2.45) is 16.7 Å². The zero-order valence-corrected chi connectivity index (χ0v) is 16.6. The molecule has 0 aliphatic heterocycles. The van der Waals surface area contributed by atoms with E-state index in [1.54, 1.807) is 25.3 Å². The monoisotopic (exact) mass is 381 g/mol. The summed E-state index contributed by atoms with van der Waals surface area (Å²) in [6.45, 7) is 4.23. The maximum absolute atomic E-state index is 12.7. The minimum atomic E-state index is -3.59. The summed E-state index contributed by atoms with van der Waals surface area (Å²) in [5, 5.41) is 0. The maximum Gasteiger partial charge on any atom is 0.212 e. The highest BCUT2D eigenvalue weighted by atomic mass is 32.2. The van der Waals surface area contributed by atoms with Crippen LogP contribution < -0.4 is 14.2 Å². The predicted octanol–water partition coefficient (Wildman–Crippen LogP) is 2.52. The highest BCUT2D eigenvalue weighted by molar-refractivity contribution is 7.89. The molecule has 2 bridgehead atoms. The standard InChI is InChI=1S/C19H27NO5S/c1-18(2)14-7-8-19(18,17(21)10-14)12-26(22,23)20-11-13-5-6-15(24-3)16(9-13)25-4/h5-6,9,14,20H,7-8,10-12H2,1-4H3/t14-,19+/m1/s1. The number of ketones is 1. The first kappa shape index (κ1) is 19.2. The molecule has 0 heterocycles. The van der Waals surface area contributed by atoms with Crippen LogP contribution in [0.5, 0.6) is 11.5 Å². The molecule has 0 saturated heterocycles. The predicted molar refractivity (Wildman–Crippen MR) is 98.7 cm³/mol. The lowest BCUT2D eigenvalue weighted by atomic mass is 9.70. The van der Waals surface area contributed by atoms with Crippen molar-refractivity contribution < 1.29 is 22.7 Å². The quantitative estimate of drug-likeness (QED) is 0.785. The van der Waals surface area contributed by atoms with Crippen LogP contribution in [0.25, 0.3) is 0 Å². The van der Waals surface area contributed by atoms with Crippen molar-refractivity contribution in [2.75, 3.05) is 20.0 Å². The molecule has 1 aromatic rings. The van der Waals surface area contributed by atoms with E-state index in [4.69, 9.17) is 9.47 Å². The van der Waals surface area contributed by atoms with Crippen LogP contribution in [-0.4, -0.2) is 34.2 Å². The van der Waals surface area contributed by atoms with E-state index < -0.39 is 15.4 Å². The molecule has 2 fully saturated rings. The second kappa shape index (κ2) is 6.53. The van der Waals surface area contributed by atoms with Gasteiger partial charge in [0.2, 0.25) is 10.0 Å². The minimum Gasteiger partial charge on any atom is -0.493 e. The number of nitrogens with one attached hydrogen (secondary N) is 1. The molecule has 2 aliphatic rings. The number of sulfonamides is 1. The number of hydrogen-bond donors (Lipinski definition) is 1. The fourth-order valence-electron chi connectivity index (χ4n) is 4.67. The SMILES string of the molecule is COc1ccc(CNS(=O)(=O)C[C@@]23CC[C@H](CC2=O)C3(C)C)cc1OC. The van der Waals surface area contributed by atoms with Crippen LogP contribution in [-0.2, 0) is 21.4 Å². The van der Waals surface area contributed by atoms with E-state index in [0.717, 1.165) is 12.0 Å². The van der Waals surface area contributed by atoms with E-state index in [1.807, 2.05) is 13.8 Å². The van der Waals surface area contributed by atoms with Gasteiger partial charge in [-0.05, 0) is 41.9 Å². The molecule has 0 amide bonds. The Kier molecular flexibility index (Phi) is 4.82.